The van der Waals surface area contributed by atoms with Gasteiger partial charge in [-0.25, -0.2) is 4.98 Å². The first kappa shape index (κ1) is 15.9. The lowest BCUT2D eigenvalue weighted by atomic mass is 9.90. The zero-order chi connectivity index (χ0) is 18.4. The molecule has 1 aromatic heterocycles. The number of hydrogen-bond donors (Lipinski definition) is 0. The third-order valence-electron chi connectivity index (χ3n) is 5.13. The van der Waals surface area contributed by atoms with E-state index in [4.69, 9.17) is 14.5 Å². The summed E-state index contributed by atoms with van der Waals surface area (Å²) in [6, 6.07) is 22.8. The molecule has 0 fully saturated rings. The number of rotatable bonds is 2. The molecule has 0 radical (unpaired) electrons. The van der Waals surface area contributed by atoms with Crippen molar-refractivity contribution in [3.63, 3.8) is 0 Å². The second-order valence-corrected chi connectivity index (χ2v) is 6.85. The maximum absolute atomic E-state index is 6.07. The van der Waals surface area contributed by atoms with Gasteiger partial charge in [-0.2, -0.15) is 0 Å². The molecular formula is C24H19NO2. The molecular weight excluding hydrogens is 334 g/mol. The van der Waals surface area contributed by atoms with Crippen LogP contribution in [0.5, 0.6) is 11.5 Å². The minimum absolute atomic E-state index is 0.518. The highest BCUT2D eigenvalue weighted by molar-refractivity contribution is 6.00. The van der Waals surface area contributed by atoms with Crippen molar-refractivity contribution in [1.82, 2.24) is 4.98 Å². The molecule has 2 heterocycles. The van der Waals surface area contributed by atoms with E-state index in [1.165, 1.54) is 11.1 Å². The van der Waals surface area contributed by atoms with Crippen LogP contribution in [0.25, 0.3) is 33.3 Å². The summed E-state index contributed by atoms with van der Waals surface area (Å²) < 4.78 is 11.4. The second kappa shape index (κ2) is 6.13. The molecule has 3 aromatic carbocycles. The number of aromatic nitrogens is 1. The van der Waals surface area contributed by atoms with Gasteiger partial charge in [0, 0.05) is 16.5 Å². The normalized spacial score (nSPS) is 12.2. The predicted octanol–water partition coefficient (Wildman–Crippen LogP) is 5.78. The van der Waals surface area contributed by atoms with E-state index in [0.29, 0.717) is 6.61 Å². The molecule has 0 spiro atoms. The van der Waals surface area contributed by atoms with Crippen molar-refractivity contribution in [2.24, 2.45) is 0 Å². The lowest BCUT2D eigenvalue weighted by Crippen LogP contribution is -2.09. The highest BCUT2D eigenvalue weighted by Gasteiger charge is 2.24. The summed E-state index contributed by atoms with van der Waals surface area (Å²) >= 11 is 0. The van der Waals surface area contributed by atoms with Gasteiger partial charge in [0.25, 0.3) is 0 Å². The van der Waals surface area contributed by atoms with Crippen LogP contribution in [0.1, 0.15) is 11.1 Å². The highest BCUT2D eigenvalue weighted by Crippen LogP contribution is 2.43. The van der Waals surface area contributed by atoms with Crippen molar-refractivity contribution >= 4 is 10.9 Å². The fraction of sp³-hybridized carbons (Fsp3) is 0.125. The summed E-state index contributed by atoms with van der Waals surface area (Å²) in [5.74, 6) is 1.74. The van der Waals surface area contributed by atoms with Crippen molar-refractivity contribution in [3.8, 4) is 33.9 Å². The summed E-state index contributed by atoms with van der Waals surface area (Å²) in [5, 5.41) is 1.15. The Labute approximate surface area is 158 Å². The summed E-state index contributed by atoms with van der Waals surface area (Å²) in [5.41, 5.74) is 7.76. The van der Waals surface area contributed by atoms with E-state index in [0.717, 1.165) is 44.8 Å². The van der Waals surface area contributed by atoms with Crippen LogP contribution in [0.15, 0.2) is 66.7 Å². The van der Waals surface area contributed by atoms with Gasteiger partial charge in [0.15, 0.2) is 0 Å². The molecule has 0 saturated heterocycles. The highest BCUT2D eigenvalue weighted by atomic mass is 16.5. The Bertz CT molecular complexity index is 1160. The van der Waals surface area contributed by atoms with Crippen LogP contribution in [-0.2, 0) is 6.61 Å². The van der Waals surface area contributed by atoms with Crippen LogP contribution in [-0.4, -0.2) is 12.1 Å². The number of pyridine rings is 1. The van der Waals surface area contributed by atoms with Crippen molar-refractivity contribution in [3.05, 3.63) is 77.9 Å². The van der Waals surface area contributed by atoms with Gasteiger partial charge in [0.2, 0.25) is 0 Å². The Morgan fingerprint density at radius 1 is 0.963 bits per heavy atom. The van der Waals surface area contributed by atoms with E-state index in [2.05, 4.69) is 43.3 Å². The smallest absolute Gasteiger partial charge is 0.129 e. The molecule has 0 saturated carbocycles. The molecule has 1 aliphatic heterocycles. The van der Waals surface area contributed by atoms with Crippen molar-refractivity contribution < 1.29 is 9.47 Å². The second-order valence-electron chi connectivity index (χ2n) is 6.85. The predicted molar refractivity (Wildman–Crippen MR) is 108 cm³/mol. The molecule has 3 heteroatoms. The standard InChI is InChI=1S/C24H19NO2/c1-15-7-12-21-19(13-15)23(16-8-10-17(26-2)11-9-16)20-14-27-22-6-4-3-5-18(22)24(20)25-21/h3-13H,14H2,1-2H3. The fourth-order valence-electron chi connectivity index (χ4n) is 3.81. The monoisotopic (exact) mass is 353 g/mol. The van der Waals surface area contributed by atoms with Crippen LogP contribution in [0, 0.1) is 6.92 Å². The number of methoxy groups -OCH3 is 1. The zero-order valence-corrected chi connectivity index (χ0v) is 15.3. The quantitative estimate of drug-likeness (QED) is 0.458. The summed E-state index contributed by atoms with van der Waals surface area (Å²) in [6.45, 7) is 2.63. The van der Waals surface area contributed by atoms with E-state index in [1.54, 1.807) is 7.11 Å². The third-order valence-corrected chi connectivity index (χ3v) is 5.13. The molecule has 0 amide bonds. The molecule has 0 aliphatic carbocycles. The summed E-state index contributed by atoms with van der Waals surface area (Å²) in [7, 11) is 1.69. The molecule has 132 valence electrons. The first-order valence-electron chi connectivity index (χ1n) is 9.04. The lowest BCUT2D eigenvalue weighted by Gasteiger charge is -2.24. The van der Waals surface area contributed by atoms with Crippen LogP contribution in [0.3, 0.4) is 0 Å². The van der Waals surface area contributed by atoms with Crippen molar-refractivity contribution in [1.29, 1.82) is 0 Å². The minimum atomic E-state index is 0.518. The van der Waals surface area contributed by atoms with Gasteiger partial charge < -0.3 is 9.47 Å². The molecule has 27 heavy (non-hydrogen) atoms. The molecule has 5 rings (SSSR count). The van der Waals surface area contributed by atoms with Crippen LogP contribution in [0.4, 0.5) is 0 Å². The molecule has 1 aliphatic rings. The van der Waals surface area contributed by atoms with E-state index >= 15 is 0 Å². The van der Waals surface area contributed by atoms with Crippen LogP contribution < -0.4 is 9.47 Å². The number of aryl methyl sites for hydroxylation is 1. The summed E-state index contributed by atoms with van der Waals surface area (Å²) in [6.07, 6.45) is 0. The largest absolute Gasteiger partial charge is 0.497 e. The first-order valence-corrected chi connectivity index (χ1v) is 9.04. The first-order chi connectivity index (χ1) is 13.2. The Kier molecular flexibility index (Phi) is 3.61. The number of para-hydroxylation sites is 1. The maximum atomic E-state index is 6.07. The molecule has 0 N–H and O–H groups in total. The number of hydrogen-bond acceptors (Lipinski definition) is 3. The van der Waals surface area contributed by atoms with Gasteiger partial charge >= 0.3 is 0 Å². The number of fused-ring (bicyclic) bond motifs is 4. The van der Waals surface area contributed by atoms with E-state index in [-0.39, 0.29) is 0 Å². The van der Waals surface area contributed by atoms with E-state index in [1.807, 2.05) is 30.3 Å². The van der Waals surface area contributed by atoms with Crippen LogP contribution >= 0.6 is 0 Å². The average Bonchev–Trinajstić information content (AvgIpc) is 2.72. The van der Waals surface area contributed by atoms with Crippen LogP contribution in [0.2, 0.25) is 0 Å². The molecule has 4 aromatic rings. The Morgan fingerprint density at radius 2 is 1.78 bits per heavy atom. The van der Waals surface area contributed by atoms with E-state index < -0.39 is 0 Å². The van der Waals surface area contributed by atoms with Crippen molar-refractivity contribution in [2.75, 3.05) is 7.11 Å². The number of nitrogens with zero attached hydrogens (tertiary/aromatic N) is 1. The lowest BCUT2D eigenvalue weighted by molar-refractivity contribution is 0.302. The van der Waals surface area contributed by atoms with Gasteiger partial charge in [-0.05, 0) is 54.4 Å². The summed E-state index contributed by atoms with van der Waals surface area (Å²) in [4.78, 5) is 5.01. The number of ether oxygens (including phenoxy) is 2. The Balaban J connectivity index is 1.86. The van der Waals surface area contributed by atoms with Crippen molar-refractivity contribution in [2.45, 2.75) is 13.5 Å². The fourth-order valence-corrected chi connectivity index (χ4v) is 3.81. The minimum Gasteiger partial charge on any atom is -0.497 e. The number of benzene rings is 3. The maximum Gasteiger partial charge on any atom is 0.129 e. The Morgan fingerprint density at radius 3 is 2.59 bits per heavy atom. The topological polar surface area (TPSA) is 31.4 Å². The average molecular weight is 353 g/mol. The molecule has 3 nitrogen and oxygen atoms in total. The van der Waals surface area contributed by atoms with Gasteiger partial charge in [-0.1, -0.05) is 35.9 Å². The van der Waals surface area contributed by atoms with Gasteiger partial charge in [0.05, 0.1) is 18.3 Å². The molecule has 0 unspecified atom stereocenters. The molecule has 0 bridgehead atoms. The SMILES string of the molecule is COc1ccc(-c2c3c(nc4ccc(C)cc24)-c2ccccc2OC3)cc1. The van der Waals surface area contributed by atoms with Gasteiger partial charge in [0.1, 0.15) is 18.1 Å². The van der Waals surface area contributed by atoms with Gasteiger partial charge in [-0.15, -0.1) is 0 Å². The third kappa shape index (κ3) is 2.55. The Hall–Kier alpha value is -3.33. The van der Waals surface area contributed by atoms with Gasteiger partial charge in [-0.3, -0.25) is 0 Å². The zero-order valence-electron chi connectivity index (χ0n) is 15.3. The molecule has 0 atom stereocenters. The van der Waals surface area contributed by atoms with E-state index in [9.17, 15) is 0 Å².